The first-order valence-corrected chi connectivity index (χ1v) is 5.80. The number of carboxylic acid groups (broad SMARTS) is 1. The fourth-order valence-corrected chi connectivity index (χ4v) is 1.74. The van der Waals surface area contributed by atoms with Gasteiger partial charge in [-0.2, -0.15) is 0 Å². The third-order valence-corrected chi connectivity index (χ3v) is 2.79. The normalized spacial score (nSPS) is 10.2. The van der Waals surface area contributed by atoms with Crippen molar-refractivity contribution < 1.29 is 19.2 Å². The molecule has 0 saturated carbocycles. The summed E-state index contributed by atoms with van der Waals surface area (Å²) in [5.41, 5.74) is -0.400. The molecule has 0 spiro atoms. The average Bonchev–Trinajstić information content (AvgIpc) is 2.40. The van der Waals surface area contributed by atoms with Gasteiger partial charge < -0.3 is 10.4 Å². The summed E-state index contributed by atoms with van der Waals surface area (Å²) in [5, 5.41) is 22.5. The van der Waals surface area contributed by atoms with Crippen molar-refractivity contribution in [3.63, 3.8) is 0 Å². The molecule has 0 radical (unpaired) electrons. The number of aromatic carboxylic acids is 1. The van der Waals surface area contributed by atoms with Crippen molar-refractivity contribution >= 4 is 23.0 Å². The number of pyridine rings is 1. The molecular formula is C13H10FN3O4. The van der Waals surface area contributed by atoms with Crippen molar-refractivity contribution in [1.29, 1.82) is 0 Å². The van der Waals surface area contributed by atoms with Crippen molar-refractivity contribution in [2.45, 2.75) is 6.92 Å². The summed E-state index contributed by atoms with van der Waals surface area (Å²) < 4.78 is 13.7. The summed E-state index contributed by atoms with van der Waals surface area (Å²) in [4.78, 5) is 25.1. The van der Waals surface area contributed by atoms with Crippen LogP contribution in [0.4, 0.5) is 21.5 Å². The molecule has 2 N–H and O–H groups in total. The van der Waals surface area contributed by atoms with Crippen LogP contribution in [0.5, 0.6) is 0 Å². The number of nitro groups is 1. The average molecular weight is 291 g/mol. The summed E-state index contributed by atoms with van der Waals surface area (Å²) in [6, 6.07) is 4.71. The van der Waals surface area contributed by atoms with Crippen molar-refractivity contribution in [3.8, 4) is 0 Å². The van der Waals surface area contributed by atoms with E-state index in [-0.39, 0.29) is 5.69 Å². The SMILES string of the molecule is Cc1ncccc1Nc1cc(F)c(C(=O)O)cc1[N+](=O)[O-]. The van der Waals surface area contributed by atoms with Gasteiger partial charge in [0.2, 0.25) is 0 Å². The molecule has 0 saturated heterocycles. The van der Waals surface area contributed by atoms with E-state index in [4.69, 9.17) is 5.11 Å². The highest BCUT2D eigenvalue weighted by Gasteiger charge is 2.22. The molecule has 0 fully saturated rings. The molecule has 0 aliphatic rings. The molecule has 21 heavy (non-hydrogen) atoms. The number of halogens is 1. The van der Waals surface area contributed by atoms with E-state index >= 15 is 0 Å². The second-order valence-corrected chi connectivity index (χ2v) is 4.17. The zero-order valence-electron chi connectivity index (χ0n) is 10.8. The van der Waals surface area contributed by atoms with Crippen LogP contribution in [0.3, 0.4) is 0 Å². The number of hydrogen-bond acceptors (Lipinski definition) is 5. The monoisotopic (exact) mass is 291 g/mol. The number of nitrogens with zero attached hydrogens (tertiary/aromatic N) is 2. The highest BCUT2D eigenvalue weighted by Crippen LogP contribution is 2.31. The van der Waals surface area contributed by atoms with Crippen LogP contribution in [0.25, 0.3) is 0 Å². The number of nitrogens with one attached hydrogen (secondary N) is 1. The Labute approximate surface area is 118 Å². The lowest BCUT2D eigenvalue weighted by molar-refractivity contribution is -0.384. The molecular weight excluding hydrogens is 281 g/mol. The van der Waals surface area contributed by atoms with E-state index in [9.17, 15) is 19.3 Å². The Hall–Kier alpha value is -3.03. The maximum Gasteiger partial charge on any atom is 0.338 e. The van der Waals surface area contributed by atoms with Crippen molar-refractivity contribution in [1.82, 2.24) is 4.98 Å². The summed E-state index contributed by atoms with van der Waals surface area (Å²) in [6.45, 7) is 1.68. The van der Waals surface area contributed by atoms with Gasteiger partial charge in [-0.15, -0.1) is 0 Å². The van der Waals surface area contributed by atoms with Gasteiger partial charge in [0.15, 0.2) is 0 Å². The van der Waals surface area contributed by atoms with E-state index in [1.54, 1.807) is 25.3 Å². The maximum atomic E-state index is 13.7. The molecule has 0 aliphatic heterocycles. The van der Waals surface area contributed by atoms with Crippen LogP contribution in [-0.4, -0.2) is 21.0 Å². The van der Waals surface area contributed by atoms with Crippen LogP contribution in [0.1, 0.15) is 16.1 Å². The third kappa shape index (κ3) is 2.94. The van der Waals surface area contributed by atoms with Crippen molar-refractivity contribution in [3.05, 3.63) is 57.7 Å². The van der Waals surface area contributed by atoms with E-state index in [0.29, 0.717) is 17.4 Å². The number of nitro benzene ring substituents is 1. The summed E-state index contributed by atoms with van der Waals surface area (Å²) in [6.07, 6.45) is 1.54. The number of aromatic nitrogens is 1. The van der Waals surface area contributed by atoms with Crippen LogP contribution < -0.4 is 5.32 Å². The molecule has 1 aromatic heterocycles. The van der Waals surface area contributed by atoms with Gasteiger partial charge in [-0.05, 0) is 19.1 Å². The molecule has 0 aliphatic carbocycles. The second-order valence-electron chi connectivity index (χ2n) is 4.17. The first-order chi connectivity index (χ1) is 9.90. The molecule has 8 heteroatoms. The summed E-state index contributed by atoms with van der Waals surface area (Å²) in [5.74, 6) is -2.63. The fourth-order valence-electron chi connectivity index (χ4n) is 1.74. The van der Waals surface area contributed by atoms with Crippen LogP contribution >= 0.6 is 0 Å². The first-order valence-electron chi connectivity index (χ1n) is 5.80. The number of anilines is 2. The predicted molar refractivity (Wildman–Crippen MR) is 72.3 cm³/mol. The smallest absolute Gasteiger partial charge is 0.338 e. The van der Waals surface area contributed by atoms with Gasteiger partial charge in [-0.3, -0.25) is 15.1 Å². The zero-order valence-corrected chi connectivity index (χ0v) is 10.8. The van der Waals surface area contributed by atoms with Crippen molar-refractivity contribution in [2.24, 2.45) is 0 Å². The number of carbonyl (C=O) groups is 1. The molecule has 2 aromatic rings. The molecule has 1 aromatic carbocycles. The van der Waals surface area contributed by atoms with E-state index in [2.05, 4.69) is 10.3 Å². The van der Waals surface area contributed by atoms with E-state index in [0.717, 1.165) is 6.07 Å². The number of carboxylic acids is 1. The highest BCUT2D eigenvalue weighted by atomic mass is 19.1. The molecule has 0 bridgehead atoms. The first kappa shape index (κ1) is 14.4. The highest BCUT2D eigenvalue weighted by molar-refractivity contribution is 5.90. The van der Waals surface area contributed by atoms with Gasteiger partial charge in [0.05, 0.1) is 16.3 Å². The standard InChI is InChI=1S/C13H10FN3O4/c1-7-10(3-2-4-15-7)16-11-6-9(14)8(13(18)19)5-12(11)17(20)21/h2-6,16H,1H3,(H,18,19). The molecule has 0 unspecified atom stereocenters. The van der Waals surface area contributed by atoms with Gasteiger partial charge in [0.25, 0.3) is 5.69 Å². The molecule has 108 valence electrons. The van der Waals surface area contributed by atoms with Crippen LogP contribution in [0.2, 0.25) is 0 Å². The number of aryl methyl sites for hydroxylation is 1. The largest absolute Gasteiger partial charge is 0.478 e. The Balaban J connectivity index is 2.53. The Morgan fingerprint density at radius 3 is 2.71 bits per heavy atom. The van der Waals surface area contributed by atoms with Gasteiger partial charge in [0.1, 0.15) is 17.1 Å². The summed E-state index contributed by atoms with van der Waals surface area (Å²) in [7, 11) is 0. The second kappa shape index (κ2) is 5.53. The zero-order chi connectivity index (χ0) is 15.6. The molecule has 1 heterocycles. The Bertz CT molecular complexity index is 733. The lowest BCUT2D eigenvalue weighted by Crippen LogP contribution is -2.05. The topological polar surface area (TPSA) is 105 Å². The minimum atomic E-state index is -1.57. The Kier molecular flexibility index (Phi) is 3.79. The van der Waals surface area contributed by atoms with Crippen molar-refractivity contribution in [2.75, 3.05) is 5.32 Å². The number of rotatable bonds is 4. The van der Waals surface area contributed by atoms with Crippen LogP contribution in [-0.2, 0) is 0 Å². The van der Waals surface area contributed by atoms with Crippen LogP contribution in [0, 0.1) is 22.9 Å². The van der Waals surface area contributed by atoms with Crippen LogP contribution in [0.15, 0.2) is 30.5 Å². The molecule has 0 amide bonds. The lowest BCUT2D eigenvalue weighted by Gasteiger charge is -2.10. The van der Waals surface area contributed by atoms with E-state index in [1.165, 1.54) is 0 Å². The third-order valence-electron chi connectivity index (χ3n) is 2.79. The number of hydrogen-bond donors (Lipinski definition) is 2. The lowest BCUT2D eigenvalue weighted by atomic mass is 10.1. The molecule has 0 atom stereocenters. The Morgan fingerprint density at radius 2 is 2.14 bits per heavy atom. The van der Waals surface area contributed by atoms with Gasteiger partial charge >= 0.3 is 5.97 Å². The molecule has 7 nitrogen and oxygen atoms in total. The summed E-state index contributed by atoms with van der Waals surface area (Å²) >= 11 is 0. The minimum absolute atomic E-state index is 0.140. The van der Waals surface area contributed by atoms with E-state index < -0.39 is 28.0 Å². The van der Waals surface area contributed by atoms with E-state index in [1.807, 2.05) is 0 Å². The Morgan fingerprint density at radius 1 is 1.43 bits per heavy atom. The maximum absolute atomic E-state index is 13.7. The van der Waals surface area contributed by atoms with Gasteiger partial charge in [-0.1, -0.05) is 0 Å². The predicted octanol–water partition coefficient (Wildman–Crippen LogP) is 2.88. The molecule has 2 rings (SSSR count). The minimum Gasteiger partial charge on any atom is -0.478 e. The fraction of sp³-hybridized carbons (Fsp3) is 0.0769. The van der Waals surface area contributed by atoms with Gasteiger partial charge in [0, 0.05) is 18.3 Å². The van der Waals surface area contributed by atoms with Gasteiger partial charge in [-0.25, -0.2) is 9.18 Å². The number of benzene rings is 1. The quantitative estimate of drug-likeness (QED) is 0.662.